The summed E-state index contributed by atoms with van der Waals surface area (Å²) in [6.07, 6.45) is 5.54. The first kappa shape index (κ1) is 15.8. The van der Waals surface area contributed by atoms with Crippen molar-refractivity contribution in [1.82, 2.24) is 9.38 Å². The minimum Gasteiger partial charge on any atom is -0.308 e. The molecule has 1 aromatic carbocycles. The Morgan fingerprint density at radius 1 is 1.44 bits per heavy atom. The van der Waals surface area contributed by atoms with Gasteiger partial charge in [-0.05, 0) is 18.1 Å². The maximum Gasteiger partial charge on any atom is 0.271 e. The normalized spacial score (nSPS) is 13.7. The van der Waals surface area contributed by atoms with Gasteiger partial charge >= 0.3 is 0 Å². The first-order chi connectivity index (χ1) is 12.0. The SMILES string of the molecule is O=C(/C=C/c1c(Cl)nc2sccn12)N1CCc2ccc([N+](=O)[O-])cc21. The number of nitrogens with zero attached hydrogens (tertiary/aromatic N) is 4. The second-order valence-electron chi connectivity index (χ2n) is 5.49. The molecular formula is C16H11ClN4O3S. The zero-order chi connectivity index (χ0) is 17.6. The van der Waals surface area contributed by atoms with Crippen LogP contribution in [0.25, 0.3) is 11.0 Å². The lowest BCUT2D eigenvalue weighted by atomic mass is 10.1. The summed E-state index contributed by atoms with van der Waals surface area (Å²) in [7, 11) is 0. The first-order valence-electron chi connectivity index (χ1n) is 7.42. The summed E-state index contributed by atoms with van der Waals surface area (Å²) in [5, 5.41) is 13.2. The van der Waals surface area contributed by atoms with E-state index in [-0.39, 0.29) is 11.6 Å². The molecule has 3 heterocycles. The highest BCUT2D eigenvalue weighted by Crippen LogP contribution is 2.32. The molecule has 0 N–H and O–H groups in total. The number of hydrogen-bond donors (Lipinski definition) is 0. The summed E-state index contributed by atoms with van der Waals surface area (Å²) >= 11 is 7.56. The van der Waals surface area contributed by atoms with Crippen LogP contribution in [0.2, 0.25) is 5.15 Å². The van der Waals surface area contributed by atoms with Crippen LogP contribution in [0.5, 0.6) is 0 Å². The lowest BCUT2D eigenvalue weighted by molar-refractivity contribution is -0.384. The van der Waals surface area contributed by atoms with Gasteiger partial charge in [0.25, 0.3) is 11.6 Å². The Kier molecular flexibility index (Phi) is 3.78. The van der Waals surface area contributed by atoms with Crippen LogP contribution in [0.4, 0.5) is 11.4 Å². The molecule has 25 heavy (non-hydrogen) atoms. The summed E-state index contributed by atoms with van der Waals surface area (Å²) in [5.41, 5.74) is 2.12. The van der Waals surface area contributed by atoms with Gasteiger partial charge in [-0.15, -0.1) is 11.3 Å². The topological polar surface area (TPSA) is 80.8 Å². The third-order valence-electron chi connectivity index (χ3n) is 4.08. The third-order valence-corrected chi connectivity index (χ3v) is 5.11. The van der Waals surface area contributed by atoms with E-state index in [0.717, 1.165) is 10.5 Å². The Morgan fingerprint density at radius 2 is 2.28 bits per heavy atom. The third kappa shape index (κ3) is 2.69. The van der Waals surface area contributed by atoms with Gasteiger partial charge in [-0.25, -0.2) is 4.98 Å². The monoisotopic (exact) mass is 374 g/mol. The van der Waals surface area contributed by atoms with Gasteiger partial charge in [0.1, 0.15) is 0 Å². The van der Waals surface area contributed by atoms with Crippen molar-refractivity contribution in [2.45, 2.75) is 6.42 Å². The molecule has 7 nitrogen and oxygen atoms in total. The van der Waals surface area contributed by atoms with Crippen molar-refractivity contribution in [2.24, 2.45) is 0 Å². The first-order valence-corrected chi connectivity index (χ1v) is 8.68. The van der Waals surface area contributed by atoms with Crippen molar-refractivity contribution in [1.29, 1.82) is 0 Å². The van der Waals surface area contributed by atoms with Crippen LogP contribution in [0.1, 0.15) is 11.3 Å². The van der Waals surface area contributed by atoms with Crippen molar-refractivity contribution in [2.75, 3.05) is 11.4 Å². The van der Waals surface area contributed by atoms with Crippen molar-refractivity contribution in [3.8, 4) is 0 Å². The number of halogens is 1. The predicted octanol–water partition coefficient (Wildman–Crippen LogP) is 3.56. The standard InChI is InChI=1S/C16H11ClN4O3S/c17-15-12(20-7-8-25-16(20)18-15)3-4-14(22)19-6-5-10-1-2-11(21(23)24)9-13(10)19/h1-4,7-9H,5-6H2/b4-3+. The van der Waals surface area contributed by atoms with Gasteiger partial charge in [0.15, 0.2) is 10.1 Å². The van der Waals surface area contributed by atoms with Crippen molar-refractivity contribution >= 4 is 51.3 Å². The number of imidazole rings is 1. The number of hydrogen-bond acceptors (Lipinski definition) is 5. The van der Waals surface area contributed by atoms with Crippen LogP contribution in [0.3, 0.4) is 0 Å². The van der Waals surface area contributed by atoms with Crippen LogP contribution in [0.15, 0.2) is 35.9 Å². The Hall–Kier alpha value is -2.71. The fourth-order valence-electron chi connectivity index (χ4n) is 2.88. The average molecular weight is 375 g/mol. The van der Waals surface area contributed by atoms with E-state index < -0.39 is 4.92 Å². The molecule has 9 heteroatoms. The highest BCUT2D eigenvalue weighted by molar-refractivity contribution is 7.15. The smallest absolute Gasteiger partial charge is 0.271 e. The van der Waals surface area contributed by atoms with Crippen LogP contribution in [-0.4, -0.2) is 26.8 Å². The number of benzene rings is 1. The molecule has 0 saturated carbocycles. The number of fused-ring (bicyclic) bond motifs is 2. The molecule has 126 valence electrons. The minimum atomic E-state index is -0.462. The number of carbonyl (C=O) groups is 1. The van der Waals surface area contributed by atoms with Crippen molar-refractivity contribution < 1.29 is 9.72 Å². The molecule has 0 bridgehead atoms. The lowest BCUT2D eigenvalue weighted by Gasteiger charge is -2.14. The van der Waals surface area contributed by atoms with Gasteiger partial charge in [0, 0.05) is 36.3 Å². The highest BCUT2D eigenvalue weighted by atomic mass is 35.5. The minimum absolute atomic E-state index is 0.0266. The number of anilines is 1. The van der Waals surface area contributed by atoms with Crippen LogP contribution < -0.4 is 4.90 Å². The van der Waals surface area contributed by atoms with Gasteiger partial charge in [-0.3, -0.25) is 19.3 Å². The largest absolute Gasteiger partial charge is 0.308 e. The van der Waals surface area contributed by atoms with E-state index in [9.17, 15) is 14.9 Å². The number of nitro benzene ring substituents is 1. The molecule has 1 aliphatic heterocycles. The molecule has 0 atom stereocenters. The molecule has 0 radical (unpaired) electrons. The molecule has 1 aliphatic rings. The van der Waals surface area contributed by atoms with E-state index in [4.69, 9.17) is 11.6 Å². The Morgan fingerprint density at radius 3 is 3.08 bits per heavy atom. The molecule has 2 aromatic heterocycles. The van der Waals surface area contributed by atoms with E-state index >= 15 is 0 Å². The highest BCUT2D eigenvalue weighted by Gasteiger charge is 2.25. The van der Waals surface area contributed by atoms with Crippen molar-refractivity contribution in [3.05, 3.63) is 62.4 Å². The fraction of sp³-hybridized carbons (Fsp3) is 0.125. The summed E-state index contributed by atoms with van der Waals surface area (Å²) in [4.78, 5) is 29.6. The summed E-state index contributed by atoms with van der Waals surface area (Å²) in [6, 6.07) is 4.60. The number of thiazole rings is 1. The number of non-ortho nitro benzene ring substituents is 1. The molecule has 1 amide bonds. The van der Waals surface area contributed by atoms with Crippen molar-refractivity contribution in [3.63, 3.8) is 0 Å². The zero-order valence-electron chi connectivity index (χ0n) is 12.8. The summed E-state index contributed by atoms with van der Waals surface area (Å²) in [6.45, 7) is 0.494. The van der Waals surface area contributed by atoms with Crippen LogP contribution >= 0.6 is 22.9 Å². The summed E-state index contributed by atoms with van der Waals surface area (Å²) < 4.78 is 1.81. The summed E-state index contributed by atoms with van der Waals surface area (Å²) in [5.74, 6) is -0.250. The number of amides is 1. The molecule has 3 aromatic rings. The zero-order valence-corrected chi connectivity index (χ0v) is 14.3. The molecule has 0 fully saturated rings. The molecule has 4 rings (SSSR count). The Bertz CT molecular complexity index is 1040. The van der Waals surface area contributed by atoms with Gasteiger partial charge < -0.3 is 4.90 Å². The number of aromatic nitrogens is 2. The second kappa shape index (κ2) is 5.98. The van der Waals surface area contributed by atoms with E-state index in [1.165, 1.54) is 29.5 Å². The van der Waals surface area contributed by atoms with Gasteiger partial charge in [-0.2, -0.15) is 0 Å². The Labute approximate surface area is 150 Å². The van der Waals surface area contributed by atoms with E-state index in [0.29, 0.717) is 29.5 Å². The number of nitro groups is 1. The van der Waals surface area contributed by atoms with Gasteiger partial charge in [0.2, 0.25) is 0 Å². The average Bonchev–Trinajstić information content (AvgIpc) is 3.26. The van der Waals surface area contributed by atoms with Crippen LogP contribution in [0, 0.1) is 10.1 Å². The van der Waals surface area contributed by atoms with Gasteiger partial charge in [-0.1, -0.05) is 17.7 Å². The molecular weight excluding hydrogens is 364 g/mol. The molecule has 0 spiro atoms. The maximum atomic E-state index is 12.6. The molecule has 0 unspecified atom stereocenters. The molecule has 0 saturated heterocycles. The predicted molar refractivity (Wildman–Crippen MR) is 96.3 cm³/mol. The van der Waals surface area contributed by atoms with E-state index in [1.807, 2.05) is 11.6 Å². The van der Waals surface area contributed by atoms with E-state index in [1.54, 1.807) is 21.4 Å². The lowest BCUT2D eigenvalue weighted by Crippen LogP contribution is -2.26. The number of carbonyl (C=O) groups excluding carboxylic acids is 1. The fourth-order valence-corrected chi connectivity index (χ4v) is 3.88. The number of rotatable bonds is 3. The maximum absolute atomic E-state index is 12.6. The second-order valence-corrected chi connectivity index (χ2v) is 6.72. The Balaban J connectivity index is 1.63. The quantitative estimate of drug-likeness (QED) is 0.399. The van der Waals surface area contributed by atoms with E-state index in [2.05, 4.69) is 4.98 Å². The van der Waals surface area contributed by atoms with Crippen LogP contribution in [-0.2, 0) is 11.2 Å². The van der Waals surface area contributed by atoms with Gasteiger partial charge in [0.05, 0.1) is 16.3 Å². The molecule has 0 aliphatic carbocycles.